The molecule has 1 aromatic heterocycles. The Labute approximate surface area is 311 Å². The molecule has 0 amide bonds. The monoisotopic (exact) mass is 683 g/mol. The van der Waals surface area contributed by atoms with Crippen LogP contribution in [0.4, 0.5) is 17.1 Å². The van der Waals surface area contributed by atoms with Gasteiger partial charge in [0.1, 0.15) is 11.2 Å². The fourth-order valence-electron chi connectivity index (χ4n) is 10.3. The second kappa shape index (κ2) is 10.2. The van der Waals surface area contributed by atoms with Gasteiger partial charge in [-0.25, -0.2) is 0 Å². The van der Waals surface area contributed by atoms with E-state index >= 15 is 0 Å². The van der Waals surface area contributed by atoms with E-state index in [-0.39, 0.29) is 16.2 Å². The highest BCUT2D eigenvalue weighted by Crippen LogP contribution is 2.56. The summed E-state index contributed by atoms with van der Waals surface area (Å²) in [6.45, 7) is 14.1. The zero-order valence-corrected chi connectivity index (χ0v) is 31.1. The van der Waals surface area contributed by atoms with Crippen LogP contribution in [0.3, 0.4) is 0 Å². The van der Waals surface area contributed by atoms with Crippen LogP contribution in [0.15, 0.2) is 144 Å². The van der Waals surface area contributed by atoms with E-state index in [2.05, 4.69) is 186 Å². The third-order valence-corrected chi connectivity index (χ3v) is 13.1. The summed E-state index contributed by atoms with van der Waals surface area (Å²) < 4.78 is 6.98. The molecule has 256 valence electrons. The van der Waals surface area contributed by atoms with E-state index in [0.717, 1.165) is 39.0 Å². The van der Waals surface area contributed by atoms with Crippen LogP contribution in [0.2, 0.25) is 0 Å². The molecule has 8 aromatic rings. The van der Waals surface area contributed by atoms with Crippen molar-refractivity contribution in [2.75, 3.05) is 4.90 Å². The maximum atomic E-state index is 6.98. The molecule has 0 N–H and O–H groups in total. The molecule has 1 heterocycles. The maximum Gasteiger partial charge on any atom is 0.143 e. The normalized spacial score (nSPS) is 16.2. The lowest BCUT2D eigenvalue weighted by molar-refractivity contribution is 0.653. The van der Waals surface area contributed by atoms with E-state index < -0.39 is 0 Å². The molecule has 3 aliphatic rings. The van der Waals surface area contributed by atoms with Crippen molar-refractivity contribution in [2.24, 2.45) is 0 Å². The second-order valence-electron chi connectivity index (χ2n) is 16.9. The number of rotatable bonds is 3. The van der Waals surface area contributed by atoms with Gasteiger partial charge in [0.15, 0.2) is 0 Å². The number of benzene rings is 7. The lowest BCUT2D eigenvalue weighted by atomic mass is 9.82. The third-order valence-electron chi connectivity index (χ3n) is 13.1. The standard InChI is InChI=1S/C51H41NO/c1-49(2)40-19-12-9-16-36(40)46-41(49)27-26-37-47-44(20-13-21-45(47)53-48(37)46)52(30-22-24-34-32-14-7-10-17-38(32)50(3,4)42(34)28-30)31-23-25-35-33-15-8-11-18-39(33)51(5,6)43(35)29-31/h7-29H,1-6H3. The third kappa shape index (κ3) is 3.88. The van der Waals surface area contributed by atoms with Crippen molar-refractivity contribution in [3.8, 4) is 33.4 Å². The van der Waals surface area contributed by atoms with Gasteiger partial charge in [-0.05, 0) is 97.6 Å². The van der Waals surface area contributed by atoms with Crippen LogP contribution in [-0.2, 0) is 16.2 Å². The molecule has 0 fully saturated rings. The molecule has 0 spiro atoms. The SMILES string of the molecule is CC1(C)c2ccccc2-c2ccc(N(c3ccc4c(c3)C(C)(C)c3ccccc3-4)c3cccc4oc5c6c(ccc5c34)C(C)(C)c3ccccc3-6)cc21. The van der Waals surface area contributed by atoms with Gasteiger partial charge in [-0.3, -0.25) is 0 Å². The van der Waals surface area contributed by atoms with Gasteiger partial charge in [0.25, 0.3) is 0 Å². The van der Waals surface area contributed by atoms with Gasteiger partial charge in [-0.15, -0.1) is 0 Å². The van der Waals surface area contributed by atoms with E-state index in [1.165, 1.54) is 66.8 Å². The van der Waals surface area contributed by atoms with Gasteiger partial charge in [-0.2, -0.15) is 0 Å². The van der Waals surface area contributed by atoms with Crippen molar-refractivity contribution in [3.63, 3.8) is 0 Å². The fraction of sp³-hybridized carbons (Fsp3) is 0.176. The zero-order chi connectivity index (χ0) is 36.0. The van der Waals surface area contributed by atoms with Crippen LogP contribution in [0.5, 0.6) is 0 Å². The average Bonchev–Trinajstić information content (AvgIpc) is 3.81. The van der Waals surface area contributed by atoms with Gasteiger partial charge in [0, 0.05) is 38.6 Å². The second-order valence-corrected chi connectivity index (χ2v) is 16.9. The lowest BCUT2D eigenvalue weighted by Crippen LogP contribution is -2.18. The first-order chi connectivity index (χ1) is 25.6. The molecule has 3 aliphatic carbocycles. The summed E-state index contributed by atoms with van der Waals surface area (Å²) in [5.41, 5.74) is 20.9. The summed E-state index contributed by atoms with van der Waals surface area (Å²) >= 11 is 0. The van der Waals surface area contributed by atoms with Crippen LogP contribution in [0, 0.1) is 0 Å². The first-order valence-corrected chi connectivity index (χ1v) is 18.9. The van der Waals surface area contributed by atoms with E-state index in [1.54, 1.807) is 0 Å². The van der Waals surface area contributed by atoms with Crippen molar-refractivity contribution in [2.45, 2.75) is 57.8 Å². The van der Waals surface area contributed by atoms with Crippen molar-refractivity contribution in [1.82, 2.24) is 0 Å². The molecule has 0 atom stereocenters. The Kier molecular flexibility index (Phi) is 5.90. The number of fused-ring (bicyclic) bond motifs is 13. The minimum absolute atomic E-state index is 0.0997. The molecule has 2 heteroatoms. The number of hydrogen-bond acceptors (Lipinski definition) is 2. The summed E-state index contributed by atoms with van der Waals surface area (Å²) in [7, 11) is 0. The molecule has 0 aliphatic heterocycles. The highest BCUT2D eigenvalue weighted by atomic mass is 16.3. The molecule has 2 nitrogen and oxygen atoms in total. The summed E-state index contributed by atoms with van der Waals surface area (Å²) in [5.74, 6) is 0. The Morgan fingerprint density at radius 2 is 0.906 bits per heavy atom. The largest absolute Gasteiger partial charge is 0.455 e. The molecule has 0 unspecified atom stereocenters. The number of furan rings is 1. The maximum absolute atomic E-state index is 6.98. The molecule has 53 heavy (non-hydrogen) atoms. The van der Waals surface area contributed by atoms with Crippen molar-refractivity contribution in [1.29, 1.82) is 0 Å². The highest BCUT2D eigenvalue weighted by molar-refractivity contribution is 6.17. The predicted molar refractivity (Wildman–Crippen MR) is 221 cm³/mol. The first kappa shape index (κ1) is 30.7. The quantitative estimate of drug-likeness (QED) is 0.184. The Morgan fingerprint density at radius 3 is 1.49 bits per heavy atom. The topological polar surface area (TPSA) is 16.4 Å². The highest BCUT2D eigenvalue weighted by Gasteiger charge is 2.40. The van der Waals surface area contributed by atoms with Crippen LogP contribution in [0.25, 0.3) is 55.3 Å². The molecular formula is C51H41NO. The van der Waals surface area contributed by atoms with Gasteiger partial charge < -0.3 is 9.32 Å². The molecule has 0 radical (unpaired) electrons. The van der Waals surface area contributed by atoms with E-state index in [0.29, 0.717) is 0 Å². The number of nitrogens with zero attached hydrogens (tertiary/aromatic N) is 1. The Morgan fingerprint density at radius 1 is 0.415 bits per heavy atom. The Balaban J connectivity index is 1.19. The van der Waals surface area contributed by atoms with E-state index in [9.17, 15) is 0 Å². The van der Waals surface area contributed by atoms with E-state index in [1.807, 2.05) is 0 Å². The summed E-state index contributed by atoms with van der Waals surface area (Å²) in [6.07, 6.45) is 0. The minimum atomic E-state index is -0.121. The van der Waals surface area contributed by atoms with Crippen LogP contribution < -0.4 is 4.90 Å². The van der Waals surface area contributed by atoms with Crippen LogP contribution in [0.1, 0.15) is 74.9 Å². The van der Waals surface area contributed by atoms with Crippen LogP contribution in [-0.4, -0.2) is 0 Å². The number of anilines is 3. The van der Waals surface area contributed by atoms with E-state index in [4.69, 9.17) is 4.42 Å². The zero-order valence-electron chi connectivity index (χ0n) is 31.1. The fourth-order valence-corrected chi connectivity index (χ4v) is 10.3. The van der Waals surface area contributed by atoms with Crippen molar-refractivity contribution in [3.05, 3.63) is 173 Å². The number of hydrogen-bond donors (Lipinski definition) is 0. The molecule has 0 saturated heterocycles. The van der Waals surface area contributed by atoms with Gasteiger partial charge in [-0.1, -0.05) is 145 Å². The molecule has 0 bridgehead atoms. The van der Waals surface area contributed by atoms with Crippen molar-refractivity contribution < 1.29 is 4.42 Å². The Hall–Kier alpha value is -5.86. The summed E-state index contributed by atoms with van der Waals surface area (Å²) in [4.78, 5) is 2.49. The summed E-state index contributed by atoms with van der Waals surface area (Å²) in [5, 5.41) is 2.29. The lowest BCUT2D eigenvalue weighted by Gasteiger charge is -2.30. The first-order valence-electron chi connectivity index (χ1n) is 18.9. The van der Waals surface area contributed by atoms with Crippen LogP contribution >= 0.6 is 0 Å². The summed E-state index contributed by atoms with van der Waals surface area (Å²) in [6, 6.07) is 52.1. The van der Waals surface area contributed by atoms with Crippen molar-refractivity contribution >= 4 is 39.0 Å². The van der Waals surface area contributed by atoms with Gasteiger partial charge in [0.05, 0.1) is 11.1 Å². The predicted octanol–water partition coefficient (Wildman–Crippen LogP) is 14.0. The van der Waals surface area contributed by atoms with Gasteiger partial charge >= 0.3 is 0 Å². The average molecular weight is 684 g/mol. The molecule has 0 saturated carbocycles. The molecule has 7 aromatic carbocycles. The Bertz CT molecular complexity index is 2770. The molecule has 11 rings (SSSR count). The minimum Gasteiger partial charge on any atom is -0.455 e. The smallest absolute Gasteiger partial charge is 0.143 e. The van der Waals surface area contributed by atoms with Gasteiger partial charge in [0.2, 0.25) is 0 Å². The molecular weight excluding hydrogens is 643 g/mol.